The molecule has 0 atom stereocenters. The second-order valence-corrected chi connectivity index (χ2v) is 4.67. The lowest BCUT2D eigenvalue weighted by Crippen LogP contribution is -2.13. The van der Waals surface area contributed by atoms with Gasteiger partial charge in [-0.05, 0) is 43.2 Å². The van der Waals surface area contributed by atoms with Gasteiger partial charge in [-0.15, -0.1) is 0 Å². The zero-order valence-electron chi connectivity index (χ0n) is 11.5. The van der Waals surface area contributed by atoms with Gasteiger partial charge < -0.3 is 16.2 Å². The van der Waals surface area contributed by atoms with Crippen molar-refractivity contribution in [2.24, 2.45) is 5.73 Å². The number of nitrogens with zero attached hydrogens (tertiary/aromatic N) is 1. The van der Waals surface area contributed by atoms with Crippen LogP contribution in [-0.4, -0.2) is 16.0 Å². The molecule has 0 saturated heterocycles. The number of amides is 1. The Labute approximate surface area is 117 Å². The van der Waals surface area contributed by atoms with Crippen molar-refractivity contribution < 1.29 is 9.90 Å². The molecule has 0 radical (unpaired) electrons. The molecule has 1 aromatic heterocycles. The zero-order valence-corrected chi connectivity index (χ0v) is 11.5. The number of carbonyl (C=O) groups excluding carboxylic acids is 1. The van der Waals surface area contributed by atoms with Crippen molar-refractivity contribution in [3.63, 3.8) is 0 Å². The molecule has 0 fully saturated rings. The molecule has 0 aliphatic carbocycles. The number of hydrogen-bond donors (Lipinski definition) is 3. The quantitative estimate of drug-likeness (QED) is 0.746. The molecule has 0 aliphatic heterocycles. The standard InChI is InChI=1S/C15H17N3O2/c1-9-5-10(2)14(19)13(6-9)18-15(20)11-3-4-17-12(7-11)8-16/h3-7,19H,8,16H2,1-2H3,(H,18,20). The third-order valence-corrected chi connectivity index (χ3v) is 2.98. The van der Waals surface area contributed by atoms with Crippen LogP contribution in [0.4, 0.5) is 5.69 Å². The van der Waals surface area contributed by atoms with E-state index in [1.807, 2.05) is 13.0 Å². The Morgan fingerprint density at radius 2 is 2.10 bits per heavy atom. The molecule has 1 amide bonds. The molecule has 1 aromatic carbocycles. The van der Waals surface area contributed by atoms with Crippen molar-refractivity contribution in [3.8, 4) is 5.75 Å². The molecule has 0 aliphatic rings. The number of aromatic hydroxyl groups is 1. The van der Waals surface area contributed by atoms with Crippen LogP contribution in [0.15, 0.2) is 30.5 Å². The first-order valence-electron chi connectivity index (χ1n) is 6.28. The molecule has 104 valence electrons. The molecule has 0 unspecified atom stereocenters. The van der Waals surface area contributed by atoms with E-state index >= 15 is 0 Å². The molecule has 5 heteroatoms. The first-order valence-corrected chi connectivity index (χ1v) is 6.28. The van der Waals surface area contributed by atoms with Gasteiger partial charge in [0.05, 0.1) is 11.4 Å². The molecule has 4 N–H and O–H groups in total. The van der Waals surface area contributed by atoms with Gasteiger partial charge in [0.15, 0.2) is 0 Å². The largest absolute Gasteiger partial charge is 0.505 e. The molecule has 2 rings (SSSR count). The van der Waals surface area contributed by atoms with E-state index in [0.29, 0.717) is 16.9 Å². The number of nitrogens with two attached hydrogens (primary N) is 1. The number of aromatic nitrogens is 1. The third kappa shape index (κ3) is 2.95. The third-order valence-electron chi connectivity index (χ3n) is 2.98. The van der Waals surface area contributed by atoms with E-state index in [2.05, 4.69) is 10.3 Å². The smallest absolute Gasteiger partial charge is 0.255 e. The van der Waals surface area contributed by atoms with Crippen molar-refractivity contribution in [1.29, 1.82) is 0 Å². The lowest BCUT2D eigenvalue weighted by molar-refractivity contribution is 0.102. The van der Waals surface area contributed by atoms with Crippen molar-refractivity contribution in [1.82, 2.24) is 4.98 Å². The summed E-state index contributed by atoms with van der Waals surface area (Å²) in [5.74, 6) is -0.223. The van der Waals surface area contributed by atoms with Gasteiger partial charge in [0, 0.05) is 18.3 Å². The number of phenols is 1. The maximum absolute atomic E-state index is 12.2. The lowest BCUT2D eigenvalue weighted by Gasteiger charge is -2.11. The van der Waals surface area contributed by atoms with Crippen molar-refractivity contribution >= 4 is 11.6 Å². The highest BCUT2D eigenvalue weighted by Gasteiger charge is 2.11. The number of rotatable bonds is 3. The fourth-order valence-electron chi connectivity index (χ4n) is 1.98. The first-order chi connectivity index (χ1) is 9.51. The van der Waals surface area contributed by atoms with Crippen LogP contribution < -0.4 is 11.1 Å². The maximum atomic E-state index is 12.2. The number of nitrogens with one attached hydrogen (secondary N) is 1. The predicted octanol–water partition coefficient (Wildman–Crippen LogP) is 2.12. The number of aryl methyl sites for hydroxylation is 2. The molecule has 1 heterocycles. The van der Waals surface area contributed by atoms with Gasteiger partial charge in [-0.1, -0.05) is 6.07 Å². The molecule has 0 spiro atoms. The minimum absolute atomic E-state index is 0.0806. The van der Waals surface area contributed by atoms with Crippen LogP contribution in [0.1, 0.15) is 27.2 Å². The summed E-state index contributed by atoms with van der Waals surface area (Å²) in [5.41, 5.74) is 8.69. The predicted molar refractivity (Wildman–Crippen MR) is 77.7 cm³/mol. The maximum Gasteiger partial charge on any atom is 0.255 e. The zero-order chi connectivity index (χ0) is 14.7. The number of anilines is 1. The van der Waals surface area contributed by atoms with Crippen molar-refractivity contribution in [2.75, 3.05) is 5.32 Å². The van der Waals surface area contributed by atoms with Crippen molar-refractivity contribution in [3.05, 3.63) is 52.8 Å². The van der Waals surface area contributed by atoms with Gasteiger partial charge in [0.25, 0.3) is 5.91 Å². The SMILES string of the molecule is Cc1cc(C)c(O)c(NC(=O)c2ccnc(CN)c2)c1. The van der Waals surface area contributed by atoms with Crippen LogP contribution in [-0.2, 0) is 6.54 Å². The van der Waals surface area contributed by atoms with E-state index in [1.54, 1.807) is 31.3 Å². The van der Waals surface area contributed by atoms with Gasteiger partial charge >= 0.3 is 0 Å². The van der Waals surface area contributed by atoms with E-state index < -0.39 is 0 Å². The Morgan fingerprint density at radius 1 is 1.35 bits per heavy atom. The normalized spacial score (nSPS) is 10.3. The average Bonchev–Trinajstić information content (AvgIpc) is 2.44. The number of hydrogen-bond acceptors (Lipinski definition) is 4. The van der Waals surface area contributed by atoms with Crippen LogP contribution in [0.2, 0.25) is 0 Å². The summed E-state index contributed by atoms with van der Waals surface area (Å²) in [7, 11) is 0. The van der Waals surface area contributed by atoms with E-state index in [4.69, 9.17) is 5.73 Å². The minimum atomic E-state index is -0.303. The highest BCUT2D eigenvalue weighted by Crippen LogP contribution is 2.28. The van der Waals surface area contributed by atoms with Crippen LogP contribution in [0, 0.1) is 13.8 Å². The molecule has 2 aromatic rings. The van der Waals surface area contributed by atoms with E-state index in [0.717, 1.165) is 11.1 Å². The Morgan fingerprint density at radius 3 is 2.80 bits per heavy atom. The number of benzene rings is 1. The Kier molecular flexibility index (Phi) is 4.00. The van der Waals surface area contributed by atoms with Crippen molar-refractivity contribution in [2.45, 2.75) is 20.4 Å². The van der Waals surface area contributed by atoms with Crippen LogP contribution in [0.25, 0.3) is 0 Å². The number of pyridine rings is 1. The molecule has 0 saturated carbocycles. The summed E-state index contributed by atoms with van der Waals surface area (Å²) in [4.78, 5) is 16.2. The van der Waals surface area contributed by atoms with Gasteiger partial charge in [-0.25, -0.2) is 0 Å². The Hall–Kier alpha value is -2.40. The summed E-state index contributed by atoms with van der Waals surface area (Å²) >= 11 is 0. The topological polar surface area (TPSA) is 88.2 Å². The Bertz CT molecular complexity index is 654. The summed E-state index contributed by atoms with van der Waals surface area (Å²) in [6.45, 7) is 3.97. The number of carbonyl (C=O) groups is 1. The number of phenolic OH excluding ortho intramolecular Hbond substituents is 1. The highest BCUT2D eigenvalue weighted by molar-refractivity contribution is 6.05. The second kappa shape index (κ2) is 5.71. The summed E-state index contributed by atoms with van der Waals surface area (Å²) in [6.07, 6.45) is 1.54. The fourth-order valence-corrected chi connectivity index (χ4v) is 1.98. The molecular weight excluding hydrogens is 254 g/mol. The molecular formula is C15H17N3O2. The van der Waals surface area contributed by atoms with Crippen LogP contribution >= 0.6 is 0 Å². The monoisotopic (exact) mass is 271 g/mol. The average molecular weight is 271 g/mol. The fraction of sp³-hybridized carbons (Fsp3) is 0.200. The minimum Gasteiger partial charge on any atom is -0.505 e. The van der Waals surface area contributed by atoms with Gasteiger partial charge in [-0.3, -0.25) is 9.78 Å². The van der Waals surface area contributed by atoms with Crippen LogP contribution in [0.5, 0.6) is 5.75 Å². The summed E-state index contributed by atoms with van der Waals surface area (Å²) in [6, 6.07) is 6.82. The van der Waals surface area contributed by atoms with Crippen LogP contribution in [0.3, 0.4) is 0 Å². The van der Waals surface area contributed by atoms with E-state index in [-0.39, 0.29) is 18.2 Å². The lowest BCUT2D eigenvalue weighted by atomic mass is 10.1. The molecule has 0 bridgehead atoms. The first kappa shape index (κ1) is 14.0. The molecule has 20 heavy (non-hydrogen) atoms. The molecule has 5 nitrogen and oxygen atoms in total. The summed E-state index contributed by atoms with van der Waals surface area (Å²) < 4.78 is 0. The second-order valence-electron chi connectivity index (χ2n) is 4.67. The Balaban J connectivity index is 2.27. The van der Waals surface area contributed by atoms with E-state index in [1.165, 1.54) is 0 Å². The van der Waals surface area contributed by atoms with Gasteiger partial charge in [0.1, 0.15) is 5.75 Å². The van der Waals surface area contributed by atoms with Gasteiger partial charge in [-0.2, -0.15) is 0 Å². The summed E-state index contributed by atoms with van der Waals surface area (Å²) in [5, 5.41) is 12.7. The van der Waals surface area contributed by atoms with Gasteiger partial charge in [0.2, 0.25) is 0 Å². The highest BCUT2D eigenvalue weighted by atomic mass is 16.3. The van der Waals surface area contributed by atoms with E-state index in [9.17, 15) is 9.90 Å².